The molecule has 0 aromatic carbocycles. The second-order valence-corrected chi connectivity index (χ2v) is 19.5. The molecule has 6 rings (SSSR count). The monoisotopic (exact) mass is 808 g/mol. The molecule has 0 radical (unpaired) electrons. The van der Waals surface area contributed by atoms with Crippen LogP contribution in [-0.2, 0) is 28.8 Å². The summed E-state index contributed by atoms with van der Waals surface area (Å²) in [6, 6.07) is -0.567. The van der Waals surface area contributed by atoms with Crippen molar-refractivity contribution >= 4 is 11.9 Å². The minimum Gasteiger partial charge on any atom is -0.481 e. The summed E-state index contributed by atoms with van der Waals surface area (Å²) in [5.74, 6) is -1.32. The molecule has 6 unspecified atom stereocenters. The molecular weight excluding hydrogens is 734 g/mol. The molecule has 0 heterocycles. The molecule has 5 N–H and O–H groups in total. The number of aliphatic hydroxyl groups excluding tert-OH is 1. The Kier molecular flexibility index (Phi) is 16.5. The van der Waals surface area contributed by atoms with Gasteiger partial charge >= 0.3 is 5.97 Å². The number of hydrogen-bond acceptors (Lipinski definition) is 11. The zero-order chi connectivity index (χ0) is 40.5. The number of carboxylic acid groups (broad SMARTS) is 1. The number of nitrogens with one attached hydrogen (secondary N) is 2. The lowest BCUT2D eigenvalue weighted by Crippen LogP contribution is -2.48. The summed E-state index contributed by atoms with van der Waals surface area (Å²) >= 11 is 0. The predicted octanol–water partition coefficient (Wildman–Crippen LogP) is 6.84. The van der Waals surface area contributed by atoms with Crippen molar-refractivity contribution in [2.75, 3.05) is 13.2 Å². The third-order valence-electron chi connectivity index (χ3n) is 15.6. The average Bonchev–Trinajstić information content (AvgIpc) is 3.20. The summed E-state index contributed by atoms with van der Waals surface area (Å²) < 4.78 is 13.3. The second kappa shape index (κ2) is 21.0. The van der Waals surface area contributed by atoms with Gasteiger partial charge in [0.1, 0.15) is 0 Å². The number of aliphatic hydroxyl groups is 1. The van der Waals surface area contributed by atoms with Crippen molar-refractivity contribution in [1.29, 1.82) is 0 Å². The lowest BCUT2D eigenvalue weighted by molar-refractivity contribution is -0.528. The van der Waals surface area contributed by atoms with E-state index >= 15 is 0 Å². The summed E-state index contributed by atoms with van der Waals surface area (Å²) in [7, 11) is 0. The van der Waals surface area contributed by atoms with Crippen LogP contribution in [-0.4, -0.2) is 94.1 Å². The number of carbonyl (C=O) groups excluding carboxylic acids is 1. The zero-order valence-electron chi connectivity index (χ0n) is 34.6. The maximum atomic E-state index is 13.1. The molecule has 0 saturated heterocycles. The van der Waals surface area contributed by atoms with Crippen LogP contribution < -0.4 is 10.8 Å². The Balaban J connectivity index is 0.824. The maximum absolute atomic E-state index is 13.1. The summed E-state index contributed by atoms with van der Waals surface area (Å²) in [6.07, 6.45) is 20.4. The van der Waals surface area contributed by atoms with Gasteiger partial charge in [-0.2, -0.15) is 5.48 Å². The molecular formula is C43H73N3O11. The highest BCUT2D eigenvalue weighted by Crippen LogP contribution is 2.49. The quantitative estimate of drug-likeness (QED) is 0.0620. The van der Waals surface area contributed by atoms with Crippen LogP contribution in [0.3, 0.4) is 0 Å². The molecule has 14 nitrogen and oxygen atoms in total. The van der Waals surface area contributed by atoms with Gasteiger partial charge < -0.3 is 29.8 Å². The Labute approximate surface area is 339 Å². The van der Waals surface area contributed by atoms with Crippen molar-refractivity contribution in [3.63, 3.8) is 0 Å². The Bertz CT molecular complexity index is 1270. The first-order chi connectivity index (χ1) is 27.4. The number of carboxylic acids is 1. The van der Waals surface area contributed by atoms with E-state index in [1.54, 1.807) is 0 Å². The van der Waals surface area contributed by atoms with Crippen LogP contribution in [0.4, 0.5) is 0 Å². The number of ether oxygens (including phenoxy) is 2. The first-order valence-corrected chi connectivity index (χ1v) is 22.7. The number of hydroxylamine groups is 1. The van der Waals surface area contributed by atoms with E-state index in [9.17, 15) is 29.9 Å². The van der Waals surface area contributed by atoms with Crippen LogP contribution in [0.15, 0.2) is 0 Å². The minimum absolute atomic E-state index is 0.00655. The van der Waals surface area contributed by atoms with Gasteiger partial charge in [0, 0.05) is 29.8 Å². The maximum Gasteiger partial charge on any atom is 0.307 e. The van der Waals surface area contributed by atoms with Gasteiger partial charge in [-0.25, -0.2) is 4.89 Å². The molecule has 0 spiro atoms. The largest absolute Gasteiger partial charge is 0.481 e. The smallest absolute Gasteiger partial charge is 0.307 e. The molecule has 6 aliphatic carbocycles. The molecule has 6 fully saturated rings. The highest BCUT2D eigenvalue weighted by molar-refractivity contribution is 5.85. The molecule has 0 aromatic rings. The second-order valence-electron chi connectivity index (χ2n) is 19.5. The van der Waals surface area contributed by atoms with E-state index in [0.29, 0.717) is 48.5 Å². The van der Waals surface area contributed by atoms with Gasteiger partial charge in [0.25, 0.3) is 0 Å². The number of rotatable bonds is 16. The molecule has 6 atom stereocenters. The first kappa shape index (κ1) is 44.6. The predicted molar refractivity (Wildman–Crippen MR) is 211 cm³/mol. The van der Waals surface area contributed by atoms with Crippen molar-refractivity contribution in [2.24, 2.45) is 40.9 Å². The Morgan fingerprint density at radius 2 is 1.19 bits per heavy atom. The summed E-state index contributed by atoms with van der Waals surface area (Å²) in [6.45, 7) is 5.81. The molecule has 6 saturated carbocycles. The fourth-order valence-electron chi connectivity index (χ4n) is 11.8. The molecule has 6 aliphatic rings. The lowest BCUT2D eigenvalue weighted by Gasteiger charge is -2.47. The van der Waals surface area contributed by atoms with Gasteiger partial charge in [-0.3, -0.25) is 25.0 Å². The fraction of sp³-hybridized carbons (Fsp3) is 0.953. The van der Waals surface area contributed by atoms with E-state index in [0.717, 1.165) is 89.9 Å². The van der Waals surface area contributed by atoms with Crippen molar-refractivity contribution in [3.05, 3.63) is 10.1 Å². The number of nitrogens with zero attached hydrogens (tertiary/aromatic N) is 1. The number of amides is 1. The van der Waals surface area contributed by atoms with E-state index in [-0.39, 0.29) is 68.0 Å². The van der Waals surface area contributed by atoms with Crippen molar-refractivity contribution in [1.82, 2.24) is 10.8 Å². The van der Waals surface area contributed by atoms with Crippen molar-refractivity contribution in [2.45, 2.75) is 204 Å². The van der Waals surface area contributed by atoms with Gasteiger partial charge in [0.05, 0.1) is 55.6 Å². The van der Waals surface area contributed by atoms with Crippen LogP contribution in [0.1, 0.15) is 155 Å². The van der Waals surface area contributed by atoms with E-state index in [4.69, 9.17) is 19.6 Å². The van der Waals surface area contributed by atoms with Gasteiger partial charge in [-0.15, -0.1) is 0 Å². The SMILES string of the molecule is CC(C)(C1CCC(OC2CCC(NOCC3CCC(O)CC3COO)CC2)CC1)C1CCC(OC2CCC(NC(=O)C3CCC([N+](=O)[O-])CC3C(=O)O)CC2)CC1. The first-order valence-electron chi connectivity index (χ1n) is 22.7. The summed E-state index contributed by atoms with van der Waals surface area (Å²) in [4.78, 5) is 46.1. The molecule has 0 aromatic heterocycles. The summed E-state index contributed by atoms with van der Waals surface area (Å²) in [5.41, 5.74) is 3.59. The van der Waals surface area contributed by atoms with Crippen LogP contribution in [0.5, 0.6) is 0 Å². The number of aliphatic carboxylic acids is 1. The van der Waals surface area contributed by atoms with Crippen LogP contribution in [0, 0.1) is 51.0 Å². The molecule has 14 heteroatoms. The summed E-state index contributed by atoms with van der Waals surface area (Å²) in [5, 5.41) is 42.9. The van der Waals surface area contributed by atoms with E-state index < -0.39 is 28.8 Å². The van der Waals surface area contributed by atoms with E-state index in [1.165, 1.54) is 25.7 Å². The molecule has 0 bridgehead atoms. The normalized spacial score (nSPS) is 39.6. The number of nitro groups is 1. The molecule has 57 heavy (non-hydrogen) atoms. The molecule has 326 valence electrons. The minimum atomic E-state index is -1.12. The van der Waals surface area contributed by atoms with Gasteiger partial charge in [0.15, 0.2) is 0 Å². The molecule has 0 aliphatic heterocycles. The van der Waals surface area contributed by atoms with Gasteiger partial charge in [-0.05, 0) is 158 Å². The van der Waals surface area contributed by atoms with Gasteiger partial charge in [-0.1, -0.05) is 13.8 Å². The Hall–Kier alpha value is -1.94. The third-order valence-corrected chi connectivity index (χ3v) is 15.6. The van der Waals surface area contributed by atoms with E-state index in [1.807, 2.05) is 0 Å². The zero-order valence-corrected chi connectivity index (χ0v) is 34.6. The standard InChI is InChI=1S/C43H73N3O11/c1-43(2,30-6-16-36(17-7-30)57-38-20-10-32(11-21-38)45-54-25-27-3-13-34(47)23-28(27)26-55-53)29-4-14-35(15-5-29)56-37-18-8-31(9-19-37)44-41(48)39-22-12-33(46(51)52)24-40(39)42(49)50/h27-40,45,47,53H,3-26H2,1-2H3,(H,44,48)(H,49,50). The van der Waals surface area contributed by atoms with Crippen LogP contribution in [0.25, 0.3) is 0 Å². The van der Waals surface area contributed by atoms with Crippen molar-refractivity contribution < 1.29 is 49.2 Å². The van der Waals surface area contributed by atoms with Crippen LogP contribution in [0.2, 0.25) is 0 Å². The Morgan fingerprint density at radius 1 is 0.667 bits per heavy atom. The highest BCUT2D eigenvalue weighted by Gasteiger charge is 2.45. The fourth-order valence-corrected chi connectivity index (χ4v) is 11.8. The number of carbonyl (C=O) groups is 2. The third kappa shape index (κ3) is 12.3. The van der Waals surface area contributed by atoms with E-state index in [2.05, 4.69) is 29.5 Å². The molecule has 1 amide bonds. The topological polar surface area (TPSA) is 199 Å². The Morgan fingerprint density at radius 3 is 1.70 bits per heavy atom. The lowest BCUT2D eigenvalue weighted by atomic mass is 9.60. The highest BCUT2D eigenvalue weighted by atomic mass is 17.1. The average molecular weight is 808 g/mol. The van der Waals surface area contributed by atoms with Gasteiger partial charge in [0.2, 0.25) is 11.9 Å². The number of hydrogen-bond donors (Lipinski definition) is 5. The van der Waals surface area contributed by atoms with Crippen molar-refractivity contribution in [3.8, 4) is 0 Å². The van der Waals surface area contributed by atoms with Crippen LogP contribution >= 0.6 is 0 Å².